The zero-order chi connectivity index (χ0) is 11.8. The molecule has 0 unspecified atom stereocenters. The molecule has 0 aliphatic heterocycles. The number of nitrogens with one attached hydrogen (secondary N) is 1. The number of hydrogen-bond donors (Lipinski definition) is 2. The summed E-state index contributed by atoms with van der Waals surface area (Å²) < 4.78 is 1.48. The van der Waals surface area contributed by atoms with Crippen molar-refractivity contribution in [1.29, 1.82) is 0 Å². The third-order valence-corrected chi connectivity index (χ3v) is 3.30. The molecule has 0 spiro atoms. The van der Waals surface area contributed by atoms with Crippen molar-refractivity contribution < 1.29 is 0 Å². The molecule has 1 aromatic rings. The predicted octanol–water partition coefficient (Wildman–Crippen LogP) is 0.699. The Morgan fingerprint density at radius 2 is 2.19 bits per heavy atom. The van der Waals surface area contributed by atoms with Gasteiger partial charge in [-0.15, -0.1) is 0 Å². The van der Waals surface area contributed by atoms with E-state index < -0.39 is 11.2 Å². The molecule has 5 nitrogen and oxygen atoms in total. The fraction of sp³-hybridized carbons (Fsp3) is 0.636. The first kappa shape index (κ1) is 11.0. The molecule has 0 saturated heterocycles. The summed E-state index contributed by atoms with van der Waals surface area (Å²) in [6, 6.07) is 1.27. The first-order chi connectivity index (χ1) is 7.56. The van der Waals surface area contributed by atoms with Crippen molar-refractivity contribution in [3.8, 4) is 0 Å². The smallest absolute Gasteiger partial charge is 0.329 e. The minimum absolute atomic E-state index is 0.241. The van der Waals surface area contributed by atoms with Gasteiger partial charge in [-0.05, 0) is 24.7 Å². The van der Waals surface area contributed by atoms with Crippen LogP contribution >= 0.6 is 0 Å². The van der Waals surface area contributed by atoms with Crippen molar-refractivity contribution >= 4 is 5.82 Å². The highest BCUT2D eigenvalue weighted by Gasteiger charge is 2.42. The number of hydrogen-bond acceptors (Lipinski definition) is 3. The molecular formula is C11H17N3O2. The number of aromatic amines is 1. The van der Waals surface area contributed by atoms with E-state index in [4.69, 9.17) is 5.73 Å². The van der Waals surface area contributed by atoms with Crippen LogP contribution in [0.2, 0.25) is 0 Å². The number of aromatic nitrogens is 2. The van der Waals surface area contributed by atoms with Gasteiger partial charge in [0, 0.05) is 12.6 Å². The van der Waals surface area contributed by atoms with Gasteiger partial charge in [0.2, 0.25) is 0 Å². The van der Waals surface area contributed by atoms with Crippen molar-refractivity contribution in [2.24, 2.45) is 5.41 Å². The minimum atomic E-state index is -0.431. The van der Waals surface area contributed by atoms with E-state index in [2.05, 4.69) is 11.9 Å². The van der Waals surface area contributed by atoms with E-state index in [0.29, 0.717) is 6.54 Å². The van der Waals surface area contributed by atoms with Crippen LogP contribution in [0.15, 0.2) is 15.7 Å². The number of nitrogens with zero attached hydrogens (tertiary/aromatic N) is 1. The van der Waals surface area contributed by atoms with Gasteiger partial charge in [-0.25, -0.2) is 4.79 Å². The van der Waals surface area contributed by atoms with E-state index in [-0.39, 0.29) is 11.2 Å². The van der Waals surface area contributed by atoms with Gasteiger partial charge in [-0.1, -0.05) is 13.3 Å². The highest BCUT2D eigenvalue weighted by Crippen LogP contribution is 2.50. The average Bonchev–Trinajstić information content (AvgIpc) is 2.93. The molecule has 1 fully saturated rings. The molecule has 1 heterocycles. The Morgan fingerprint density at radius 3 is 2.69 bits per heavy atom. The van der Waals surface area contributed by atoms with Crippen LogP contribution in [0.3, 0.4) is 0 Å². The minimum Gasteiger partial charge on any atom is -0.385 e. The molecule has 88 valence electrons. The SMILES string of the molecule is CCCC1(Cn2c(N)cc(=O)[nH]c2=O)CC1. The Morgan fingerprint density at radius 1 is 1.50 bits per heavy atom. The fourth-order valence-electron chi connectivity index (χ4n) is 2.23. The predicted molar refractivity (Wildman–Crippen MR) is 62.3 cm³/mol. The Bertz CT molecular complexity index is 497. The van der Waals surface area contributed by atoms with Gasteiger partial charge in [-0.2, -0.15) is 0 Å². The van der Waals surface area contributed by atoms with Crippen molar-refractivity contribution in [3.05, 3.63) is 26.9 Å². The lowest BCUT2D eigenvalue weighted by Gasteiger charge is -2.16. The van der Waals surface area contributed by atoms with Crippen LogP contribution in [0.25, 0.3) is 0 Å². The third kappa shape index (κ3) is 2.03. The van der Waals surface area contributed by atoms with E-state index in [1.54, 1.807) is 0 Å². The molecule has 0 radical (unpaired) electrons. The van der Waals surface area contributed by atoms with Crippen LogP contribution in [0, 0.1) is 5.41 Å². The number of anilines is 1. The van der Waals surface area contributed by atoms with Crippen LogP contribution in [0.5, 0.6) is 0 Å². The van der Waals surface area contributed by atoms with E-state index >= 15 is 0 Å². The number of nitrogens with two attached hydrogens (primary N) is 1. The van der Waals surface area contributed by atoms with Crippen molar-refractivity contribution in [1.82, 2.24) is 9.55 Å². The first-order valence-electron chi connectivity index (χ1n) is 5.66. The zero-order valence-corrected chi connectivity index (χ0v) is 9.45. The molecule has 2 rings (SSSR count). The molecule has 1 saturated carbocycles. The summed E-state index contributed by atoms with van der Waals surface area (Å²) in [5.74, 6) is 0.260. The molecule has 5 heteroatoms. The van der Waals surface area contributed by atoms with Crippen molar-refractivity contribution in [2.75, 3.05) is 5.73 Å². The van der Waals surface area contributed by atoms with Crippen LogP contribution in [0.1, 0.15) is 32.6 Å². The van der Waals surface area contributed by atoms with Crippen LogP contribution in [-0.4, -0.2) is 9.55 Å². The van der Waals surface area contributed by atoms with E-state index in [0.717, 1.165) is 25.7 Å². The zero-order valence-electron chi connectivity index (χ0n) is 9.45. The van der Waals surface area contributed by atoms with Crippen molar-refractivity contribution in [3.63, 3.8) is 0 Å². The largest absolute Gasteiger partial charge is 0.385 e. The maximum absolute atomic E-state index is 11.6. The lowest BCUT2D eigenvalue weighted by Crippen LogP contribution is -2.33. The Kier molecular flexibility index (Phi) is 2.61. The standard InChI is InChI=1S/C11H17N3O2/c1-2-3-11(4-5-11)7-14-8(12)6-9(15)13-10(14)16/h6H,2-5,7,12H2,1H3,(H,13,15,16). The fourth-order valence-corrected chi connectivity index (χ4v) is 2.23. The summed E-state index contributed by atoms with van der Waals surface area (Å²) in [7, 11) is 0. The second-order valence-electron chi connectivity index (χ2n) is 4.70. The summed E-state index contributed by atoms with van der Waals surface area (Å²) >= 11 is 0. The van der Waals surface area contributed by atoms with E-state index in [9.17, 15) is 9.59 Å². The summed E-state index contributed by atoms with van der Waals surface area (Å²) in [6.45, 7) is 2.77. The number of H-pyrrole nitrogens is 1. The van der Waals surface area contributed by atoms with E-state index in [1.165, 1.54) is 10.6 Å². The normalized spacial score (nSPS) is 17.3. The molecule has 1 aliphatic carbocycles. The lowest BCUT2D eigenvalue weighted by atomic mass is 10.0. The molecule has 0 bridgehead atoms. The molecule has 16 heavy (non-hydrogen) atoms. The van der Waals surface area contributed by atoms with E-state index in [1.807, 2.05) is 0 Å². The molecule has 0 amide bonds. The molecule has 1 aromatic heterocycles. The highest BCUT2D eigenvalue weighted by atomic mass is 16.2. The second kappa shape index (κ2) is 3.81. The lowest BCUT2D eigenvalue weighted by molar-refractivity contribution is 0.381. The molecule has 1 aliphatic rings. The van der Waals surface area contributed by atoms with Gasteiger partial charge in [0.15, 0.2) is 0 Å². The van der Waals surface area contributed by atoms with Gasteiger partial charge in [-0.3, -0.25) is 14.3 Å². The molecule has 3 N–H and O–H groups in total. The Hall–Kier alpha value is -1.52. The van der Waals surface area contributed by atoms with Crippen molar-refractivity contribution in [2.45, 2.75) is 39.2 Å². The van der Waals surface area contributed by atoms with Gasteiger partial charge in [0.25, 0.3) is 5.56 Å². The number of rotatable bonds is 4. The molecular weight excluding hydrogens is 206 g/mol. The topological polar surface area (TPSA) is 80.9 Å². The summed E-state index contributed by atoms with van der Waals surface area (Å²) in [5, 5.41) is 0. The van der Waals surface area contributed by atoms with Crippen LogP contribution < -0.4 is 17.0 Å². The maximum Gasteiger partial charge on any atom is 0.329 e. The van der Waals surface area contributed by atoms with Gasteiger partial charge >= 0.3 is 5.69 Å². The monoisotopic (exact) mass is 223 g/mol. The molecule has 0 atom stereocenters. The maximum atomic E-state index is 11.6. The first-order valence-corrected chi connectivity index (χ1v) is 5.66. The Balaban J connectivity index is 2.29. The van der Waals surface area contributed by atoms with Crippen LogP contribution in [0.4, 0.5) is 5.82 Å². The summed E-state index contributed by atoms with van der Waals surface area (Å²) in [5.41, 5.74) is 5.11. The van der Waals surface area contributed by atoms with Gasteiger partial charge in [0.05, 0.1) is 0 Å². The number of nitrogen functional groups attached to an aromatic ring is 1. The van der Waals surface area contributed by atoms with Crippen LogP contribution in [-0.2, 0) is 6.54 Å². The summed E-state index contributed by atoms with van der Waals surface area (Å²) in [4.78, 5) is 24.9. The second-order valence-corrected chi connectivity index (χ2v) is 4.70. The Labute approximate surface area is 93.3 Å². The van der Waals surface area contributed by atoms with Gasteiger partial charge in [0.1, 0.15) is 5.82 Å². The third-order valence-electron chi connectivity index (χ3n) is 3.30. The molecule has 0 aromatic carbocycles. The summed E-state index contributed by atoms with van der Waals surface area (Å²) in [6.07, 6.45) is 4.51. The average molecular weight is 223 g/mol. The highest BCUT2D eigenvalue weighted by molar-refractivity contribution is 5.26. The quantitative estimate of drug-likeness (QED) is 0.788. The van der Waals surface area contributed by atoms with Gasteiger partial charge < -0.3 is 5.73 Å².